The van der Waals surface area contributed by atoms with Crippen molar-refractivity contribution >= 4 is 35.0 Å². The Kier molecular flexibility index (Phi) is 5.14. The van der Waals surface area contributed by atoms with E-state index in [0.717, 1.165) is 10.6 Å². The monoisotopic (exact) mass is 358 g/mol. The molecule has 6 nitrogen and oxygen atoms in total. The summed E-state index contributed by atoms with van der Waals surface area (Å²) in [6.07, 6.45) is 0.0825. The number of thioether (sulfide) groups is 1. The van der Waals surface area contributed by atoms with Crippen molar-refractivity contribution in [1.29, 1.82) is 0 Å². The van der Waals surface area contributed by atoms with Gasteiger partial charge < -0.3 is 20.1 Å². The summed E-state index contributed by atoms with van der Waals surface area (Å²) in [5, 5.41) is 5.17. The summed E-state index contributed by atoms with van der Waals surface area (Å²) in [7, 11) is 3.08. The van der Waals surface area contributed by atoms with E-state index in [1.807, 2.05) is 24.3 Å². The minimum Gasteiger partial charge on any atom is -0.493 e. The van der Waals surface area contributed by atoms with E-state index in [0.29, 0.717) is 17.2 Å². The molecule has 130 valence electrons. The normalized spacial score (nSPS) is 15.8. The number of hydrogen-bond acceptors (Lipinski definition) is 5. The number of amides is 2. The highest BCUT2D eigenvalue weighted by Gasteiger charge is 2.28. The number of fused-ring (bicyclic) bond motifs is 1. The van der Waals surface area contributed by atoms with Crippen molar-refractivity contribution in [3.8, 4) is 11.5 Å². The van der Waals surface area contributed by atoms with Crippen molar-refractivity contribution in [1.82, 2.24) is 0 Å². The van der Waals surface area contributed by atoms with Crippen LogP contribution in [0.2, 0.25) is 0 Å². The quantitative estimate of drug-likeness (QED) is 0.859. The van der Waals surface area contributed by atoms with Gasteiger partial charge in [-0.3, -0.25) is 9.59 Å². The van der Waals surface area contributed by atoms with E-state index in [1.165, 1.54) is 18.9 Å². The third-order valence-electron chi connectivity index (χ3n) is 3.74. The molecule has 2 aromatic carbocycles. The lowest BCUT2D eigenvalue weighted by Crippen LogP contribution is -2.32. The van der Waals surface area contributed by atoms with E-state index in [2.05, 4.69) is 10.6 Å². The van der Waals surface area contributed by atoms with Gasteiger partial charge in [-0.1, -0.05) is 12.1 Å². The van der Waals surface area contributed by atoms with Gasteiger partial charge >= 0.3 is 0 Å². The fraction of sp³-hybridized carbons (Fsp3) is 0.222. The lowest BCUT2D eigenvalue weighted by molar-refractivity contribution is -0.120. The largest absolute Gasteiger partial charge is 0.493 e. The lowest BCUT2D eigenvalue weighted by Gasteiger charge is -2.23. The van der Waals surface area contributed by atoms with E-state index in [4.69, 9.17) is 9.47 Å². The van der Waals surface area contributed by atoms with Gasteiger partial charge in [-0.05, 0) is 24.3 Å². The number of benzene rings is 2. The van der Waals surface area contributed by atoms with Crippen LogP contribution in [0.3, 0.4) is 0 Å². The standard InChI is InChI=1S/C18H18N2O4S/c1-23-13-8-7-11(9-14(13)24-2)19-17(21)10-16-18(22)20-12-5-3-4-6-15(12)25-16/h3-9,16H,10H2,1-2H3,(H,19,21)(H,20,22)/t16-/m0/s1. The van der Waals surface area contributed by atoms with E-state index >= 15 is 0 Å². The molecule has 0 aromatic heterocycles. The van der Waals surface area contributed by atoms with E-state index in [1.54, 1.807) is 25.3 Å². The maximum Gasteiger partial charge on any atom is 0.238 e. The van der Waals surface area contributed by atoms with Crippen LogP contribution in [0.1, 0.15) is 6.42 Å². The number of anilines is 2. The summed E-state index contributed by atoms with van der Waals surface area (Å²) in [5.41, 5.74) is 1.37. The Labute approximate surface area is 149 Å². The summed E-state index contributed by atoms with van der Waals surface area (Å²) in [6.45, 7) is 0. The molecule has 2 N–H and O–H groups in total. The van der Waals surface area contributed by atoms with E-state index in [9.17, 15) is 9.59 Å². The molecule has 2 amide bonds. The van der Waals surface area contributed by atoms with Gasteiger partial charge in [0.2, 0.25) is 11.8 Å². The molecule has 2 aromatic rings. The highest BCUT2D eigenvalue weighted by Crippen LogP contribution is 2.37. The van der Waals surface area contributed by atoms with Crippen LogP contribution >= 0.6 is 11.8 Å². The lowest BCUT2D eigenvalue weighted by atomic mass is 10.2. The molecule has 0 saturated heterocycles. The number of ether oxygens (including phenoxy) is 2. The second-order valence-corrected chi connectivity index (χ2v) is 6.66. The zero-order chi connectivity index (χ0) is 17.8. The molecule has 7 heteroatoms. The fourth-order valence-electron chi connectivity index (χ4n) is 2.52. The minimum atomic E-state index is -0.463. The molecule has 1 atom stereocenters. The van der Waals surface area contributed by atoms with Crippen LogP contribution in [-0.4, -0.2) is 31.3 Å². The molecule has 0 fully saturated rings. The molecule has 0 aliphatic carbocycles. The van der Waals surface area contributed by atoms with Crippen LogP contribution in [0, 0.1) is 0 Å². The average molecular weight is 358 g/mol. The Balaban J connectivity index is 1.66. The average Bonchev–Trinajstić information content (AvgIpc) is 2.62. The maximum absolute atomic E-state index is 12.3. The van der Waals surface area contributed by atoms with Crippen molar-refractivity contribution in [2.45, 2.75) is 16.6 Å². The molecule has 0 radical (unpaired) electrons. The first-order valence-electron chi connectivity index (χ1n) is 7.69. The third-order valence-corrected chi connectivity index (χ3v) is 5.02. The van der Waals surface area contributed by atoms with Crippen LogP contribution < -0.4 is 20.1 Å². The van der Waals surface area contributed by atoms with Crippen LogP contribution in [0.5, 0.6) is 11.5 Å². The summed E-state index contributed by atoms with van der Waals surface area (Å²) in [4.78, 5) is 25.5. The third kappa shape index (κ3) is 3.88. The van der Waals surface area contributed by atoms with Crippen LogP contribution in [0.25, 0.3) is 0 Å². The Morgan fingerprint density at radius 1 is 1.16 bits per heavy atom. The zero-order valence-corrected chi connectivity index (χ0v) is 14.7. The molecule has 3 rings (SSSR count). The zero-order valence-electron chi connectivity index (χ0n) is 13.9. The van der Waals surface area contributed by atoms with Gasteiger partial charge in [-0.2, -0.15) is 0 Å². The number of para-hydroxylation sites is 1. The van der Waals surface area contributed by atoms with Crippen LogP contribution in [0.15, 0.2) is 47.4 Å². The van der Waals surface area contributed by atoms with Crippen molar-refractivity contribution in [2.75, 3.05) is 24.9 Å². The number of hydrogen-bond donors (Lipinski definition) is 2. The van der Waals surface area contributed by atoms with Gasteiger partial charge in [0.1, 0.15) is 0 Å². The smallest absolute Gasteiger partial charge is 0.238 e. The Morgan fingerprint density at radius 3 is 2.68 bits per heavy atom. The van der Waals surface area contributed by atoms with Gasteiger partial charge in [0, 0.05) is 23.1 Å². The number of methoxy groups -OCH3 is 2. The van der Waals surface area contributed by atoms with Gasteiger partial charge in [-0.15, -0.1) is 11.8 Å². The van der Waals surface area contributed by atoms with Crippen molar-refractivity contribution in [3.05, 3.63) is 42.5 Å². The summed E-state index contributed by atoms with van der Waals surface area (Å²) < 4.78 is 10.4. The molecule has 1 heterocycles. The van der Waals surface area contributed by atoms with Gasteiger partial charge in [0.05, 0.1) is 25.2 Å². The predicted molar refractivity (Wildman–Crippen MR) is 97.5 cm³/mol. The first-order chi connectivity index (χ1) is 12.1. The SMILES string of the molecule is COc1ccc(NC(=O)C[C@@H]2Sc3ccccc3NC2=O)cc1OC. The molecule has 0 bridgehead atoms. The Bertz CT molecular complexity index is 809. The number of carbonyl (C=O) groups excluding carboxylic acids is 2. The predicted octanol–water partition coefficient (Wildman–Crippen LogP) is 3.15. The summed E-state index contributed by atoms with van der Waals surface area (Å²) in [5.74, 6) is 0.712. The fourth-order valence-corrected chi connectivity index (χ4v) is 3.63. The van der Waals surface area contributed by atoms with E-state index in [-0.39, 0.29) is 18.2 Å². The maximum atomic E-state index is 12.3. The Morgan fingerprint density at radius 2 is 1.92 bits per heavy atom. The molecular weight excluding hydrogens is 340 g/mol. The van der Waals surface area contributed by atoms with Gasteiger partial charge in [0.25, 0.3) is 0 Å². The number of rotatable bonds is 5. The number of nitrogens with one attached hydrogen (secondary N) is 2. The number of carbonyl (C=O) groups is 2. The highest BCUT2D eigenvalue weighted by atomic mass is 32.2. The van der Waals surface area contributed by atoms with Gasteiger partial charge in [0.15, 0.2) is 11.5 Å². The second-order valence-electron chi connectivity index (χ2n) is 5.41. The second kappa shape index (κ2) is 7.48. The van der Waals surface area contributed by atoms with Gasteiger partial charge in [-0.25, -0.2) is 0 Å². The first kappa shape index (κ1) is 17.2. The van der Waals surface area contributed by atoms with Crippen molar-refractivity contribution in [3.63, 3.8) is 0 Å². The molecule has 0 saturated carbocycles. The molecule has 1 aliphatic heterocycles. The molecular formula is C18H18N2O4S. The first-order valence-corrected chi connectivity index (χ1v) is 8.57. The molecule has 0 spiro atoms. The van der Waals surface area contributed by atoms with Crippen LogP contribution in [0.4, 0.5) is 11.4 Å². The topological polar surface area (TPSA) is 76.7 Å². The Hall–Kier alpha value is -2.67. The summed E-state index contributed by atoms with van der Waals surface area (Å²) in [6, 6.07) is 12.7. The van der Waals surface area contributed by atoms with Crippen LogP contribution in [-0.2, 0) is 9.59 Å². The molecule has 0 unspecified atom stereocenters. The van der Waals surface area contributed by atoms with Crippen molar-refractivity contribution < 1.29 is 19.1 Å². The minimum absolute atomic E-state index is 0.0825. The van der Waals surface area contributed by atoms with E-state index < -0.39 is 5.25 Å². The highest BCUT2D eigenvalue weighted by molar-refractivity contribution is 8.01. The summed E-state index contributed by atoms with van der Waals surface area (Å²) >= 11 is 1.40. The molecule has 1 aliphatic rings. The molecule has 25 heavy (non-hydrogen) atoms. The van der Waals surface area contributed by atoms with Crippen molar-refractivity contribution in [2.24, 2.45) is 0 Å².